The summed E-state index contributed by atoms with van der Waals surface area (Å²) in [6.45, 7) is 0.527. The van der Waals surface area contributed by atoms with Crippen LogP contribution in [0.25, 0.3) is 0 Å². The molecule has 114 valence electrons. The molecular formula is C16H14ClNO4. The summed E-state index contributed by atoms with van der Waals surface area (Å²) in [6, 6.07) is 12.3. The van der Waals surface area contributed by atoms with E-state index in [0.29, 0.717) is 29.4 Å². The number of hydrogen-bond acceptors (Lipinski definition) is 4. The van der Waals surface area contributed by atoms with Crippen molar-refractivity contribution in [3.05, 3.63) is 69.8 Å². The molecule has 0 fully saturated rings. The molecule has 22 heavy (non-hydrogen) atoms. The van der Waals surface area contributed by atoms with Crippen molar-refractivity contribution in [1.82, 2.24) is 0 Å². The fraction of sp³-hybridized carbons (Fsp3) is 0.188. The summed E-state index contributed by atoms with van der Waals surface area (Å²) in [7, 11) is 0. The third-order valence-electron chi connectivity index (χ3n) is 3.00. The lowest BCUT2D eigenvalue weighted by molar-refractivity contribution is -0.384. The number of nitro benzene ring substituents is 1. The number of benzene rings is 2. The summed E-state index contributed by atoms with van der Waals surface area (Å²) in [5.74, 6) is 1.02. The van der Waals surface area contributed by atoms with Gasteiger partial charge in [0, 0.05) is 29.1 Å². The largest absolute Gasteiger partial charge is 0.494 e. The highest BCUT2D eigenvalue weighted by molar-refractivity contribution is 6.17. The maximum absolute atomic E-state index is 12.3. The molecule has 0 aliphatic heterocycles. The lowest BCUT2D eigenvalue weighted by atomic mass is 10.0. The van der Waals surface area contributed by atoms with E-state index in [2.05, 4.69) is 0 Å². The smallest absolute Gasteiger partial charge is 0.269 e. The van der Waals surface area contributed by atoms with Crippen molar-refractivity contribution in [3.63, 3.8) is 0 Å². The topological polar surface area (TPSA) is 69.4 Å². The van der Waals surface area contributed by atoms with Crippen molar-refractivity contribution in [2.45, 2.75) is 6.42 Å². The molecule has 6 heteroatoms. The number of ketones is 1. The van der Waals surface area contributed by atoms with Crippen molar-refractivity contribution in [2.75, 3.05) is 12.5 Å². The molecule has 5 nitrogen and oxygen atoms in total. The van der Waals surface area contributed by atoms with E-state index in [1.165, 1.54) is 24.3 Å². The van der Waals surface area contributed by atoms with Crippen LogP contribution in [0.15, 0.2) is 48.5 Å². The Bertz CT molecular complexity index is 653. The van der Waals surface area contributed by atoms with Gasteiger partial charge in [-0.2, -0.15) is 0 Å². The Balaban J connectivity index is 2.07. The minimum Gasteiger partial charge on any atom is -0.494 e. The van der Waals surface area contributed by atoms with Crippen molar-refractivity contribution in [1.29, 1.82) is 0 Å². The van der Waals surface area contributed by atoms with E-state index in [0.717, 1.165) is 6.42 Å². The van der Waals surface area contributed by atoms with E-state index in [1.807, 2.05) is 0 Å². The Morgan fingerprint density at radius 2 is 1.59 bits per heavy atom. The molecule has 0 radical (unpaired) electrons. The average molecular weight is 320 g/mol. The third-order valence-corrected chi connectivity index (χ3v) is 3.27. The first-order valence-corrected chi connectivity index (χ1v) is 7.23. The van der Waals surface area contributed by atoms with Gasteiger partial charge < -0.3 is 4.74 Å². The van der Waals surface area contributed by atoms with Crippen LogP contribution in [-0.2, 0) is 0 Å². The molecule has 0 unspecified atom stereocenters. The first-order chi connectivity index (χ1) is 10.6. The molecule has 0 saturated carbocycles. The van der Waals surface area contributed by atoms with Crippen LogP contribution in [-0.4, -0.2) is 23.2 Å². The molecule has 0 bridgehead atoms. The Kier molecular flexibility index (Phi) is 5.49. The van der Waals surface area contributed by atoms with E-state index in [9.17, 15) is 14.9 Å². The summed E-state index contributed by atoms with van der Waals surface area (Å²) in [5.41, 5.74) is 0.861. The molecule has 2 aromatic carbocycles. The number of carbonyl (C=O) groups is 1. The first kappa shape index (κ1) is 16.0. The monoisotopic (exact) mass is 319 g/mol. The van der Waals surface area contributed by atoms with Crippen LogP contribution < -0.4 is 4.74 Å². The molecule has 0 heterocycles. The molecular weight excluding hydrogens is 306 g/mol. The number of nitro groups is 1. The Labute approximate surface area is 132 Å². The highest BCUT2D eigenvalue weighted by Gasteiger charge is 2.11. The lowest BCUT2D eigenvalue weighted by Crippen LogP contribution is -2.02. The summed E-state index contributed by atoms with van der Waals surface area (Å²) < 4.78 is 5.46. The van der Waals surface area contributed by atoms with Gasteiger partial charge in [0.1, 0.15) is 5.75 Å². The normalized spacial score (nSPS) is 10.2. The van der Waals surface area contributed by atoms with Crippen LogP contribution >= 0.6 is 11.6 Å². The molecule has 2 aromatic rings. The average Bonchev–Trinajstić information content (AvgIpc) is 2.55. The molecule has 2 rings (SSSR count). The molecule has 0 N–H and O–H groups in total. The third kappa shape index (κ3) is 4.05. The number of alkyl halides is 1. The van der Waals surface area contributed by atoms with E-state index >= 15 is 0 Å². The predicted octanol–water partition coefficient (Wildman–Crippen LogP) is 3.83. The van der Waals surface area contributed by atoms with Gasteiger partial charge in [0.05, 0.1) is 11.5 Å². The number of ether oxygens (including phenoxy) is 1. The fourth-order valence-corrected chi connectivity index (χ4v) is 1.96. The molecule has 0 amide bonds. The highest BCUT2D eigenvalue weighted by atomic mass is 35.5. The number of rotatable bonds is 7. The van der Waals surface area contributed by atoms with Gasteiger partial charge in [-0.3, -0.25) is 14.9 Å². The van der Waals surface area contributed by atoms with Crippen LogP contribution in [0, 0.1) is 10.1 Å². The predicted molar refractivity (Wildman–Crippen MR) is 83.8 cm³/mol. The Hall–Kier alpha value is -2.40. The zero-order valence-corrected chi connectivity index (χ0v) is 12.5. The Morgan fingerprint density at radius 1 is 1.05 bits per heavy atom. The zero-order valence-electron chi connectivity index (χ0n) is 11.7. The molecule has 0 spiro atoms. The Morgan fingerprint density at radius 3 is 2.09 bits per heavy atom. The second-order valence-corrected chi connectivity index (χ2v) is 4.93. The summed E-state index contributed by atoms with van der Waals surface area (Å²) >= 11 is 5.57. The van der Waals surface area contributed by atoms with E-state index in [1.54, 1.807) is 24.3 Å². The van der Waals surface area contributed by atoms with Gasteiger partial charge in [-0.05, 0) is 42.8 Å². The molecule has 0 aliphatic rings. The van der Waals surface area contributed by atoms with Crippen molar-refractivity contribution >= 4 is 23.1 Å². The lowest BCUT2D eigenvalue weighted by Gasteiger charge is -2.06. The van der Waals surface area contributed by atoms with Crippen LogP contribution in [0.5, 0.6) is 5.75 Å². The molecule has 0 aromatic heterocycles. The molecule has 0 saturated heterocycles. The van der Waals surface area contributed by atoms with E-state index < -0.39 is 4.92 Å². The van der Waals surface area contributed by atoms with Crippen molar-refractivity contribution < 1.29 is 14.5 Å². The van der Waals surface area contributed by atoms with Gasteiger partial charge in [0.15, 0.2) is 5.78 Å². The van der Waals surface area contributed by atoms with Gasteiger partial charge >= 0.3 is 0 Å². The van der Waals surface area contributed by atoms with Gasteiger partial charge in [-0.15, -0.1) is 11.6 Å². The fourth-order valence-electron chi connectivity index (χ4n) is 1.85. The number of non-ortho nitro benzene ring substituents is 1. The van der Waals surface area contributed by atoms with Gasteiger partial charge in [-0.25, -0.2) is 0 Å². The molecule has 0 atom stereocenters. The number of carbonyl (C=O) groups excluding carboxylic acids is 1. The highest BCUT2D eigenvalue weighted by Crippen LogP contribution is 2.18. The second-order valence-electron chi connectivity index (χ2n) is 4.55. The van der Waals surface area contributed by atoms with Gasteiger partial charge in [0.25, 0.3) is 5.69 Å². The van der Waals surface area contributed by atoms with E-state index in [-0.39, 0.29) is 11.5 Å². The maximum atomic E-state index is 12.3. The van der Waals surface area contributed by atoms with E-state index in [4.69, 9.17) is 16.3 Å². The summed E-state index contributed by atoms with van der Waals surface area (Å²) in [4.78, 5) is 22.4. The maximum Gasteiger partial charge on any atom is 0.269 e. The van der Waals surface area contributed by atoms with Crippen LogP contribution in [0.4, 0.5) is 5.69 Å². The number of nitrogens with zero attached hydrogens (tertiary/aromatic N) is 1. The van der Waals surface area contributed by atoms with Gasteiger partial charge in [-0.1, -0.05) is 0 Å². The SMILES string of the molecule is O=C(c1ccc(OCCCCl)cc1)c1ccc([N+](=O)[O-])cc1. The quantitative estimate of drug-likeness (QED) is 0.256. The number of hydrogen-bond donors (Lipinski definition) is 0. The van der Waals surface area contributed by atoms with Crippen LogP contribution in [0.1, 0.15) is 22.3 Å². The standard InChI is InChI=1S/C16H14ClNO4/c17-10-1-11-22-15-8-4-13(5-9-15)16(19)12-2-6-14(7-3-12)18(20)21/h2-9H,1,10-11H2. The van der Waals surface area contributed by atoms with Crippen molar-refractivity contribution in [2.24, 2.45) is 0 Å². The first-order valence-electron chi connectivity index (χ1n) is 6.70. The molecule has 0 aliphatic carbocycles. The number of halogens is 1. The summed E-state index contributed by atoms with van der Waals surface area (Å²) in [5, 5.41) is 10.6. The minimum atomic E-state index is -0.499. The van der Waals surface area contributed by atoms with Crippen LogP contribution in [0.2, 0.25) is 0 Å². The van der Waals surface area contributed by atoms with Gasteiger partial charge in [0.2, 0.25) is 0 Å². The summed E-state index contributed by atoms with van der Waals surface area (Å²) in [6.07, 6.45) is 0.755. The minimum absolute atomic E-state index is 0.0420. The van der Waals surface area contributed by atoms with Crippen molar-refractivity contribution in [3.8, 4) is 5.75 Å². The zero-order chi connectivity index (χ0) is 15.9. The second kappa shape index (κ2) is 7.56. The van der Waals surface area contributed by atoms with Crippen LogP contribution in [0.3, 0.4) is 0 Å².